The molecule has 1 saturated heterocycles. The van der Waals surface area contributed by atoms with Crippen LogP contribution in [0.3, 0.4) is 0 Å². The van der Waals surface area contributed by atoms with Gasteiger partial charge in [0, 0.05) is 18.0 Å². The van der Waals surface area contributed by atoms with Crippen molar-refractivity contribution in [1.82, 2.24) is 4.90 Å². The number of hydrogen-bond acceptors (Lipinski definition) is 4. The summed E-state index contributed by atoms with van der Waals surface area (Å²) in [6, 6.07) is 24.1. The van der Waals surface area contributed by atoms with E-state index in [1.54, 1.807) is 0 Å². The van der Waals surface area contributed by atoms with Crippen LogP contribution in [0.5, 0.6) is 5.75 Å². The van der Waals surface area contributed by atoms with Crippen molar-refractivity contribution in [1.29, 1.82) is 0 Å². The number of aldehydes is 1. The fraction of sp³-hybridized carbons (Fsp3) is 0.375. The third-order valence-corrected chi connectivity index (χ3v) is 8.77. The summed E-state index contributed by atoms with van der Waals surface area (Å²) in [5.74, 6) is 1.07. The van der Waals surface area contributed by atoms with Crippen LogP contribution in [0.4, 0.5) is 4.79 Å². The molecule has 190 valence electrons. The summed E-state index contributed by atoms with van der Waals surface area (Å²) in [7, 11) is 0. The molecule has 0 spiro atoms. The maximum atomic E-state index is 13.3. The van der Waals surface area contributed by atoms with Crippen LogP contribution >= 0.6 is 0 Å². The second-order valence-corrected chi connectivity index (χ2v) is 10.7. The molecule has 3 aromatic carbocycles. The number of fused-ring (bicyclic) bond motifs is 1. The normalized spacial score (nSPS) is 23.9. The molecule has 1 unspecified atom stereocenters. The standard InChI is InChI=1S/C32H33NO4/c34-20-26-17-25-18-29-27-13-7-8-14-32(27,28(25)19-30(26)36-21-23-9-3-1-4-10-23)15-16-33(29)31(35)37-22-24-11-5-2-6-12-24/h1-6,9-12,17,19-20,27,29H,7-8,13-16,18,21-22H2/t27?,29-,32-/m0/s1. The number of piperidine rings is 1. The van der Waals surface area contributed by atoms with E-state index < -0.39 is 0 Å². The summed E-state index contributed by atoms with van der Waals surface area (Å²) in [5.41, 5.74) is 5.19. The van der Waals surface area contributed by atoms with Crippen molar-refractivity contribution in [3.05, 3.63) is 101 Å². The van der Waals surface area contributed by atoms with Crippen LogP contribution in [0.2, 0.25) is 0 Å². The number of benzene rings is 3. The highest BCUT2D eigenvalue weighted by molar-refractivity contribution is 5.80. The first-order valence-electron chi connectivity index (χ1n) is 13.4. The Kier molecular flexibility index (Phi) is 6.45. The van der Waals surface area contributed by atoms with E-state index in [0.717, 1.165) is 43.1 Å². The Morgan fingerprint density at radius 3 is 2.41 bits per heavy atom. The van der Waals surface area contributed by atoms with Gasteiger partial charge in [-0.15, -0.1) is 0 Å². The van der Waals surface area contributed by atoms with Crippen molar-refractivity contribution >= 4 is 12.4 Å². The Bertz CT molecular complexity index is 1270. The van der Waals surface area contributed by atoms with E-state index in [1.165, 1.54) is 24.0 Å². The van der Waals surface area contributed by atoms with Crippen molar-refractivity contribution in [3.63, 3.8) is 0 Å². The lowest BCUT2D eigenvalue weighted by molar-refractivity contribution is -0.0137. The first kappa shape index (κ1) is 23.8. The molecular weight excluding hydrogens is 462 g/mol. The summed E-state index contributed by atoms with van der Waals surface area (Å²) >= 11 is 0. The maximum Gasteiger partial charge on any atom is 0.410 e. The monoisotopic (exact) mass is 495 g/mol. The molecule has 1 amide bonds. The van der Waals surface area contributed by atoms with Crippen molar-refractivity contribution in [3.8, 4) is 5.75 Å². The summed E-state index contributed by atoms with van der Waals surface area (Å²) in [6.45, 7) is 1.41. The molecule has 5 nitrogen and oxygen atoms in total. The summed E-state index contributed by atoms with van der Waals surface area (Å²) in [5, 5.41) is 0. The van der Waals surface area contributed by atoms with Gasteiger partial charge in [-0.2, -0.15) is 0 Å². The largest absolute Gasteiger partial charge is 0.488 e. The number of likely N-dealkylation sites (tertiary alicyclic amines) is 1. The fourth-order valence-electron chi connectivity index (χ4n) is 7.04. The number of nitrogens with zero attached hydrogens (tertiary/aromatic N) is 1. The molecule has 37 heavy (non-hydrogen) atoms. The predicted octanol–water partition coefficient (Wildman–Crippen LogP) is 6.47. The number of hydrogen-bond donors (Lipinski definition) is 0. The molecule has 1 saturated carbocycles. The van der Waals surface area contributed by atoms with E-state index in [4.69, 9.17) is 9.47 Å². The molecule has 2 fully saturated rings. The van der Waals surface area contributed by atoms with Crippen LogP contribution in [0, 0.1) is 5.92 Å². The van der Waals surface area contributed by atoms with E-state index in [1.807, 2.05) is 71.6 Å². The van der Waals surface area contributed by atoms with Gasteiger partial charge in [0.25, 0.3) is 0 Å². The van der Waals surface area contributed by atoms with Gasteiger partial charge in [-0.3, -0.25) is 4.79 Å². The average Bonchev–Trinajstić information content (AvgIpc) is 2.95. The molecule has 1 aliphatic heterocycles. The van der Waals surface area contributed by atoms with Crippen LogP contribution < -0.4 is 4.74 Å². The van der Waals surface area contributed by atoms with E-state index in [0.29, 0.717) is 30.4 Å². The van der Waals surface area contributed by atoms with E-state index in [9.17, 15) is 9.59 Å². The minimum atomic E-state index is -0.227. The summed E-state index contributed by atoms with van der Waals surface area (Å²) in [4.78, 5) is 27.3. The molecule has 0 N–H and O–H groups in total. The molecule has 1 heterocycles. The lowest BCUT2D eigenvalue weighted by Gasteiger charge is -2.58. The van der Waals surface area contributed by atoms with E-state index in [-0.39, 0.29) is 24.2 Å². The van der Waals surface area contributed by atoms with Gasteiger partial charge in [-0.1, -0.05) is 73.5 Å². The fourth-order valence-corrected chi connectivity index (χ4v) is 7.04. The topological polar surface area (TPSA) is 55.8 Å². The molecule has 2 aliphatic carbocycles. The number of carbonyl (C=O) groups is 2. The van der Waals surface area contributed by atoms with Gasteiger partial charge in [-0.05, 0) is 66.0 Å². The van der Waals surface area contributed by atoms with Crippen LogP contribution in [-0.2, 0) is 29.8 Å². The maximum absolute atomic E-state index is 13.3. The van der Waals surface area contributed by atoms with Gasteiger partial charge in [-0.25, -0.2) is 4.79 Å². The van der Waals surface area contributed by atoms with E-state index >= 15 is 0 Å². The van der Waals surface area contributed by atoms with Crippen LogP contribution in [-0.4, -0.2) is 29.9 Å². The SMILES string of the molecule is O=Cc1cc2c(cc1OCc1ccccc1)[C@]13CCCCC1[C@H](C2)N(C(=O)OCc1ccccc1)CC3. The predicted molar refractivity (Wildman–Crippen MR) is 142 cm³/mol. The second kappa shape index (κ2) is 10.0. The number of rotatable bonds is 6. The highest BCUT2D eigenvalue weighted by Gasteiger charge is 2.55. The highest BCUT2D eigenvalue weighted by atomic mass is 16.6. The molecule has 5 heteroatoms. The van der Waals surface area contributed by atoms with Gasteiger partial charge < -0.3 is 14.4 Å². The summed E-state index contributed by atoms with van der Waals surface area (Å²) < 4.78 is 12.0. The number of amides is 1. The Hall–Kier alpha value is -3.60. The second-order valence-electron chi connectivity index (χ2n) is 10.7. The third kappa shape index (κ3) is 4.41. The molecule has 3 atom stereocenters. The van der Waals surface area contributed by atoms with Crippen LogP contribution in [0.25, 0.3) is 0 Å². The van der Waals surface area contributed by atoms with Gasteiger partial charge in [0.1, 0.15) is 19.0 Å². The first-order chi connectivity index (χ1) is 18.2. The minimum absolute atomic E-state index is 0.0268. The van der Waals surface area contributed by atoms with Gasteiger partial charge in [0.2, 0.25) is 0 Å². The molecule has 2 bridgehead atoms. The van der Waals surface area contributed by atoms with Gasteiger partial charge in [0.15, 0.2) is 6.29 Å². The molecule has 0 aromatic heterocycles. The Morgan fingerprint density at radius 2 is 1.68 bits per heavy atom. The number of carbonyl (C=O) groups excluding carboxylic acids is 2. The summed E-state index contributed by atoms with van der Waals surface area (Å²) in [6.07, 6.45) is 6.95. The average molecular weight is 496 g/mol. The van der Waals surface area contributed by atoms with Crippen molar-refractivity contribution in [2.75, 3.05) is 6.54 Å². The lowest BCUT2D eigenvalue weighted by atomic mass is 9.52. The zero-order chi connectivity index (χ0) is 25.2. The molecule has 3 aliphatic rings. The quantitative estimate of drug-likeness (QED) is 0.368. The first-order valence-corrected chi connectivity index (χ1v) is 13.4. The molecular formula is C32H33NO4. The number of ether oxygens (including phenoxy) is 2. The smallest absolute Gasteiger partial charge is 0.410 e. The van der Waals surface area contributed by atoms with Crippen molar-refractivity contribution in [2.24, 2.45) is 5.92 Å². The third-order valence-electron chi connectivity index (χ3n) is 8.77. The minimum Gasteiger partial charge on any atom is -0.488 e. The molecule has 3 aromatic rings. The lowest BCUT2D eigenvalue weighted by Crippen LogP contribution is -2.62. The zero-order valence-electron chi connectivity index (χ0n) is 21.1. The Balaban J connectivity index is 1.29. The molecule has 0 radical (unpaired) electrons. The Morgan fingerprint density at radius 1 is 0.946 bits per heavy atom. The molecule has 6 rings (SSSR count). The van der Waals surface area contributed by atoms with Crippen molar-refractivity contribution < 1.29 is 19.1 Å². The van der Waals surface area contributed by atoms with Crippen molar-refractivity contribution in [2.45, 2.75) is 63.2 Å². The highest BCUT2D eigenvalue weighted by Crippen LogP contribution is 2.56. The van der Waals surface area contributed by atoms with Gasteiger partial charge >= 0.3 is 6.09 Å². The Labute approximate surface area is 218 Å². The zero-order valence-corrected chi connectivity index (χ0v) is 21.1. The van der Waals surface area contributed by atoms with Gasteiger partial charge in [0.05, 0.1) is 5.56 Å². The van der Waals surface area contributed by atoms with Crippen LogP contribution in [0.15, 0.2) is 72.8 Å². The van der Waals surface area contributed by atoms with E-state index in [2.05, 4.69) is 6.07 Å². The van der Waals surface area contributed by atoms with Crippen LogP contribution in [0.1, 0.15) is 64.7 Å².